The minimum atomic E-state index is -0.321. The molecule has 2 aliphatic rings. The van der Waals surface area contributed by atoms with Crippen molar-refractivity contribution in [1.29, 1.82) is 0 Å². The Morgan fingerprint density at radius 1 is 1.24 bits per heavy atom. The van der Waals surface area contributed by atoms with Gasteiger partial charge < -0.3 is 15.0 Å². The van der Waals surface area contributed by atoms with E-state index in [2.05, 4.69) is 5.32 Å². The molecule has 0 saturated carbocycles. The summed E-state index contributed by atoms with van der Waals surface area (Å²) in [6.07, 6.45) is 1.86. The zero-order valence-electron chi connectivity index (χ0n) is 11.8. The molecular weight excluding hydrogens is 295 g/mol. The highest BCUT2D eigenvalue weighted by atomic mass is 35.5. The van der Waals surface area contributed by atoms with Crippen molar-refractivity contribution in [2.24, 2.45) is 0 Å². The average molecular weight is 315 g/mol. The van der Waals surface area contributed by atoms with Crippen LogP contribution < -0.4 is 5.32 Å². The number of benzene rings is 1. The van der Waals surface area contributed by atoms with Crippen LogP contribution >= 0.6 is 12.4 Å². The molecule has 0 atom stereocenters. The SMILES string of the molecule is Cl.O=C(c1ccc(F)cc1)N1CCOC2(CCNCC2)C1. The second kappa shape index (κ2) is 6.73. The maximum absolute atomic E-state index is 12.9. The van der Waals surface area contributed by atoms with Crippen molar-refractivity contribution in [3.63, 3.8) is 0 Å². The van der Waals surface area contributed by atoms with Crippen molar-refractivity contribution in [3.05, 3.63) is 35.6 Å². The third kappa shape index (κ3) is 3.54. The zero-order valence-corrected chi connectivity index (χ0v) is 12.6. The predicted molar refractivity (Wildman–Crippen MR) is 80.3 cm³/mol. The van der Waals surface area contributed by atoms with Crippen LogP contribution in [-0.2, 0) is 4.74 Å². The Morgan fingerprint density at radius 3 is 2.57 bits per heavy atom. The highest BCUT2D eigenvalue weighted by Gasteiger charge is 2.39. The lowest BCUT2D eigenvalue weighted by atomic mass is 9.90. The smallest absolute Gasteiger partial charge is 0.254 e. The number of rotatable bonds is 1. The number of hydrogen-bond acceptors (Lipinski definition) is 3. The maximum atomic E-state index is 12.9. The van der Waals surface area contributed by atoms with Crippen molar-refractivity contribution in [2.75, 3.05) is 32.8 Å². The Kier molecular flexibility index (Phi) is 5.19. The number of hydrogen-bond donors (Lipinski definition) is 1. The molecule has 6 heteroatoms. The Balaban J connectivity index is 0.00000161. The van der Waals surface area contributed by atoms with Crippen LogP contribution in [0.1, 0.15) is 23.2 Å². The molecule has 0 unspecified atom stereocenters. The number of carbonyl (C=O) groups excluding carboxylic acids is 1. The zero-order chi connectivity index (χ0) is 14.0. The summed E-state index contributed by atoms with van der Waals surface area (Å²) in [5, 5.41) is 3.31. The molecule has 3 rings (SSSR count). The predicted octanol–water partition coefficient (Wildman–Crippen LogP) is 1.84. The molecular formula is C15H20ClFN2O2. The monoisotopic (exact) mass is 314 g/mol. The van der Waals surface area contributed by atoms with Crippen molar-refractivity contribution in [1.82, 2.24) is 10.2 Å². The molecule has 2 heterocycles. The van der Waals surface area contributed by atoms with E-state index in [1.807, 2.05) is 4.90 Å². The van der Waals surface area contributed by atoms with E-state index in [9.17, 15) is 9.18 Å². The Labute approximate surface area is 130 Å². The van der Waals surface area contributed by atoms with Gasteiger partial charge in [0.2, 0.25) is 0 Å². The summed E-state index contributed by atoms with van der Waals surface area (Å²) in [5.41, 5.74) is 0.344. The van der Waals surface area contributed by atoms with Gasteiger partial charge in [0.15, 0.2) is 0 Å². The Hall–Kier alpha value is -1.17. The van der Waals surface area contributed by atoms with Crippen molar-refractivity contribution < 1.29 is 13.9 Å². The van der Waals surface area contributed by atoms with Gasteiger partial charge in [-0.3, -0.25) is 4.79 Å². The first-order chi connectivity index (χ1) is 9.69. The molecule has 2 saturated heterocycles. The van der Waals surface area contributed by atoms with E-state index in [4.69, 9.17) is 4.74 Å². The lowest BCUT2D eigenvalue weighted by Gasteiger charge is -2.45. The number of halogens is 2. The van der Waals surface area contributed by atoms with Gasteiger partial charge in [0.05, 0.1) is 18.8 Å². The van der Waals surface area contributed by atoms with Crippen LogP contribution in [0.5, 0.6) is 0 Å². The number of ether oxygens (including phenoxy) is 1. The molecule has 0 bridgehead atoms. The summed E-state index contributed by atoms with van der Waals surface area (Å²) in [4.78, 5) is 14.3. The van der Waals surface area contributed by atoms with E-state index in [1.54, 1.807) is 12.1 Å². The molecule has 1 aromatic rings. The first-order valence-corrected chi connectivity index (χ1v) is 7.08. The topological polar surface area (TPSA) is 41.6 Å². The number of piperidine rings is 1. The van der Waals surface area contributed by atoms with E-state index >= 15 is 0 Å². The van der Waals surface area contributed by atoms with E-state index in [0.29, 0.717) is 25.3 Å². The first-order valence-electron chi connectivity index (χ1n) is 7.08. The fourth-order valence-electron chi connectivity index (χ4n) is 2.98. The van der Waals surface area contributed by atoms with Gasteiger partial charge in [0.1, 0.15) is 5.82 Å². The number of nitrogens with zero attached hydrogens (tertiary/aromatic N) is 1. The molecule has 2 fully saturated rings. The van der Waals surface area contributed by atoms with Crippen LogP contribution in [0.4, 0.5) is 4.39 Å². The molecule has 2 aliphatic heterocycles. The van der Waals surface area contributed by atoms with Gasteiger partial charge in [-0.05, 0) is 50.2 Å². The standard InChI is InChI=1S/C15H19FN2O2.ClH/c16-13-3-1-12(2-4-13)14(19)18-9-10-20-15(11-18)5-7-17-8-6-15;/h1-4,17H,5-11H2;1H. The second-order valence-corrected chi connectivity index (χ2v) is 5.52. The molecule has 1 N–H and O–H groups in total. The van der Waals surface area contributed by atoms with Gasteiger partial charge in [-0.2, -0.15) is 0 Å². The fourth-order valence-corrected chi connectivity index (χ4v) is 2.98. The molecule has 116 valence electrons. The molecule has 4 nitrogen and oxygen atoms in total. The highest BCUT2D eigenvalue weighted by Crippen LogP contribution is 2.28. The van der Waals surface area contributed by atoms with E-state index in [-0.39, 0.29) is 29.7 Å². The van der Waals surface area contributed by atoms with Gasteiger partial charge in [-0.15, -0.1) is 12.4 Å². The van der Waals surface area contributed by atoms with Crippen molar-refractivity contribution in [2.45, 2.75) is 18.4 Å². The third-order valence-corrected chi connectivity index (χ3v) is 4.14. The lowest BCUT2D eigenvalue weighted by Crippen LogP contribution is -2.57. The summed E-state index contributed by atoms with van der Waals surface area (Å²) in [5.74, 6) is -0.357. The number of amides is 1. The van der Waals surface area contributed by atoms with Crippen molar-refractivity contribution in [3.8, 4) is 0 Å². The average Bonchev–Trinajstić information content (AvgIpc) is 2.48. The molecule has 1 aromatic carbocycles. The van der Waals surface area contributed by atoms with Crippen LogP contribution in [-0.4, -0.2) is 49.2 Å². The number of morpholine rings is 1. The van der Waals surface area contributed by atoms with Gasteiger partial charge >= 0.3 is 0 Å². The molecule has 1 spiro atoms. The third-order valence-electron chi connectivity index (χ3n) is 4.14. The van der Waals surface area contributed by atoms with E-state index < -0.39 is 0 Å². The molecule has 0 radical (unpaired) electrons. The molecule has 1 amide bonds. The number of nitrogens with one attached hydrogen (secondary N) is 1. The normalized spacial score (nSPS) is 20.9. The highest BCUT2D eigenvalue weighted by molar-refractivity contribution is 5.94. The van der Waals surface area contributed by atoms with E-state index in [0.717, 1.165) is 25.9 Å². The summed E-state index contributed by atoms with van der Waals surface area (Å²) in [6.45, 7) is 3.67. The quantitative estimate of drug-likeness (QED) is 0.860. The fraction of sp³-hybridized carbons (Fsp3) is 0.533. The largest absolute Gasteiger partial charge is 0.371 e. The van der Waals surface area contributed by atoms with Crippen LogP contribution in [0.25, 0.3) is 0 Å². The van der Waals surface area contributed by atoms with Crippen LogP contribution in [0.15, 0.2) is 24.3 Å². The molecule has 0 aromatic heterocycles. The first kappa shape index (κ1) is 16.2. The lowest BCUT2D eigenvalue weighted by molar-refractivity contribution is -0.114. The van der Waals surface area contributed by atoms with E-state index in [1.165, 1.54) is 12.1 Å². The minimum absolute atomic E-state index is 0. The summed E-state index contributed by atoms with van der Waals surface area (Å²) >= 11 is 0. The Bertz CT molecular complexity index is 483. The maximum Gasteiger partial charge on any atom is 0.254 e. The molecule has 0 aliphatic carbocycles. The van der Waals surface area contributed by atoms with Crippen LogP contribution in [0.2, 0.25) is 0 Å². The summed E-state index contributed by atoms with van der Waals surface area (Å²) in [6, 6.07) is 5.74. The molecule has 21 heavy (non-hydrogen) atoms. The van der Waals surface area contributed by atoms with Gasteiger partial charge in [-0.1, -0.05) is 0 Å². The minimum Gasteiger partial charge on any atom is -0.371 e. The van der Waals surface area contributed by atoms with Gasteiger partial charge in [-0.25, -0.2) is 4.39 Å². The van der Waals surface area contributed by atoms with Crippen molar-refractivity contribution >= 4 is 18.3 Å². The van der Waals surface area contributed by atoms with Crippen LogP contribution in [0.3, 0.4) is 0 Å². The summed E-state index contributed by atoms with van der Waals surface area (Å²) in [7, 11) is 0. The summed E-state index contributed by atoms with van der Waals surface area (Å²) < 4.78 is 18.9. The van der Waals surface area contributed by atoms with Crippen LogP contribution in [0, 0.1) is 5.82 Å². The van der Waals surface area contributed by atoms with Gasteiger partial charge in [0.25, 0.3) is 5.91 Å². The van der Waals surface area contributed by atoms with Gasteiger partial charge in [0, 0.05) is 12.1 Å². The Morgan fingerprint density at radius 2 is 1.90 bits per heavy atom. The second-order valence-electron chi connectivity index (χ2n) is 5.52. The number of carbonyl (C=O) groups is 1.